The SMILES string of the molecule is Cc1ccc(C(Br)c2cccc(Cl)c2)cc1C. The minimum atomic E-state index is 0.195. The van der Waals surface area contributed by atoms with Crippen LogP contribution in [0.15, 0.2) is 42.5 Å². The van der Waals surface area contributed by atoms with Crippen LogP contribution in [0.4, 0.5) is 0 Å². The van der Waals surface area contributed by atoms with Gasteiger partial charge >= 0.3 is 0 Å². The maximum absolute atomic E-state index is 6.01. The Hall–Kier alpha value is -0.790. The molecule has 0 nitrogen and oxygen atoms in total. The second-order valence-corrected chi connectivity index (χ2v) is 5.61. The van der Waals surface area contributed by atoms with E-state index in [9.17, 15) is 0 Å². The van der Waals surface area contributed by atoms with Crippen LogP contribution in [0.25, 0.3) is 0 Å². The third kappa shape index (κ3) is 2.91. The Morgan fingerprint density at radius 2 is 1.65 bits per heavy atom. The number of halogens is 2. The van der Waals surface area contributed by atoms with Gasteiger partial charge in [-0.15, -0.1) is 0 Å². The summed E-state index contributed by atoms with van der Waals surface area (Å²) in [5.74, 6) is 0. The van der Waals surface area contributed by atoms with Crippen molar-refractivity contribution in [3.63, 3.8) is 0 Å². The quantitative estimate of drug-likeness (QED) is 0.648. The van der Waals surface area contributed by atoms with Gasteiger partial charge in [0.15, 0.2) is 0 Å². The van der Waals surface area contributed by atoms with E-state index in [0.717, 1.165) is 5.02 Å². The molecule has 88 valence electrons. The van der Waals surface area contributed by atoms with Crippen LogP contribution in [0.1, 0.15) is 27.1 Å². The molecule has 2 aromatic carbocycles. The summed E-state index contributed by atoms with van der Waals surface area (Å²) in [7, 11) is 0. The van der Waals surface area contributed by atoms with Gasteiger partial charge < -0.3 is 0 Å². The minimum Gasteiger partial charge on any atom is -0.0843 e. The molecular weight excluding hydrogens is 296 g/mol. The summed E-state index contributed by atoms with van der Waals surface area (Å²) in [5, 5.41) is 0.774. The molecule has 0 amide bonds. The monoisotopic (exact) mass is 308 g/mol. The lowest BCUT2D eigenvalue weighted by atomic mass is 10.0. The number of hydrogen-bond donors (Lipinski definition) is 0. The fourth-order valence-corrected chi connectivity index (χ4v) is 2.55. The standard InChI is InChI=1S/C15H14BrCl/c1-10-6-7-13(8-11(10)2)15(16)12-4-3-5-14(17)9-12/h3-9,15H,1-2H3. The van der Waals surface area contributed by atoms with Gasteiger partial charge in [0.25, 0.3) is 0 Å². The van der Waals surface area contributed by atoms with E-state index in [2.05, 4.69) is 54.0 Å². The van der Waals surface area contributed by atoms with Crippen molar-refractivity contribution in [2.75, 3.05) is 0 Å². The van der Waals surface area contributed by atoms with E-state index >= 15 is 0 Å². The molecule has 0 fully saturated rings. The van der Waals surface area contributed by atoms with Crippen LogP contribution in [0, 0.1) is 13.8 Å². The van der Waals surface area contributed by atoms with Gasteiger partial charge in [-0.2, -0.15) is 0 Å². The summed E-state index contributed by atoms with van der Waals surface area (Å²) in [4.78, 5) is 0.195. The molecule has 0 spiro atoms. The van der Waals surface area contributed by atoms with Crippen molar-refractivity contribution in [2.24, 2.45) is 0 Å². The fourth-order valence-electron chi connectivity index (χ4n) is 1.78. The summed E-state index contributed by atoms with van der Waals surface area (Å²) in [6.45, 7) is 4.26. The van der Waals surface area contributed by atoms with Gasteiger partial charge in [0.2, 0.25) is 0 Å². The molecule has 0 saturated heterocycles. The highest BCUT2D eigenvalue weighted by molar-refractivity contribution is 9.09. The van der Waals surface area contributed by atoms with E-state index in [1.165, 1.54) is 22.3 Å². The highest BCUT2D eigenvalue weighted by Gasteiger charge is 2.11. The Balaban J connectivity index is 2.36. The van der Waals surface area contributed by atoms with E-state index in [0.29, 0.717) is 0 Å². The summed E-state index contributed by atoms with van der Waals surface area (Å²) >= 11 is 9.74. The Labute approximate surface area is 116 Å². The highest BCUT2D eigenvalue weighted by atomic mass is 79.9. The smallest absolute Gasteiger partial charge is 0.0645 e. The molecule has 2 aromatic rings. The first-order chi connectivity index (χ1) is 8.08. The highest BCUT2D eigenvalue weighted by Crippen LogP contribution is 2.32. The van der Waals surface area contributed by atoms with Crippen LogP contribution in [0.3, 0.4) is 0 Å². The normalized spacial score (nSPS) is 12.5. The Kier molecular flexibility index (Phi) is 3.90. The molecule has 0 aromatic heterocycles. The van der Waals surface area contributed by atoms with E-state index < -0.39 is 0 Å². The number of benzene rings is 2. The molecule has 0 aliphatic rings. The zero-order valence-corrected chi connectivity index (χ0v) is 12.2. The second kappa shape index (κ2) is 5.24. The third-order valence-corrected chi connectivity index (χ3v) is 4.26. The molecule has 0 radical (unpaired) electrons. The maximum Gasteiger partial charge on any atom is 0.0645 e. The van der Waals surface area contributed by atoms with Gasteiger partial charge in [-0.3, -0.25) is 0 Å². The molecule has 0 N–H and O–H groups in total. The van der Waals surface area contributed by atoms with Crippen molar-refractivity contribution >= 4 is 27.5 Å². The Morgan fingerprint density at radius 1 is 0.941 bits per heavy atom. The third-order valence-electron chi connectivity index (χ3n) is 2.96. The Morgan fingerprint density at radius 3 is 2.29 bits per heavy atom. The molecule has 0 aliphatic carbocycles. The van der Waals surface area contributed by atoms with Crippen molar-refractivity contribution in [2.45, 2.75) is 18.7 Å². The summed E-state index contributed by atoms with van der Waals surface area (Å²) in [5.41, 5.74) is 5.07. The molecule has 1 unspecified atom stereocenters. The van der Waals surface area contributed by atoms with Crippen molar-refractivity contribution in [3.05, 3.63) is 69.7 Å². The second-order valence-electron chi connectivity index (χ2n) is 4.26. The first-order valence-electron chi connectivity index (χ1n) is 5.54. The molecule has 0 saturated carbocycles. The lowest BCUT2D eigenvalue weighted by molar-refractivity contribution is 1.16. The topological polar surface area (TPSA) is 0 Å². The summed E-state index contributed by atoms with van der Waals surface area (Å²) in [6, 6.07) is 14.5. The van der Waals surface area contributed by atoms with Crippen LogP contribution in [0.5, 0.6) is 0 Å². The van der Waals surface area contributed by atoms with Crippen LogP contribution in [-0.4, -0.2) is 0 Å². The van der Waals surface area contributed by atoms with Crippen molar-refractivity contribution in [1.82, 2.24) is 0 Å². The minimum absolute atomic E-state index is 0.195. The van der Waals surface area contributed by atoms with Crippen molar-refractivity contribution in [3.8, 4) is 0 Å². The predicted molar refractivity (Wildman–Crippen MR) is 78.1 cm³/mol. The van der Waals surface area contributed by atoms with Gasteiger partial charge in [0.1, 0.15) is 0 Å². The van der Waals surface area contributed by atoms with E-state index in [-0.39, 0.29) is 4.83 Å². The van der Waals surface area contributed by atoms with Crippen LogP contribution >= 0.6 is 27.5 Å². The van der Waals surface area contributed by atoms with Gasteiger partial charge in [-0.25, -0.2) is 0 Å². The zero-order chi connectivity index (χ0) is 12.4. The van der Waals surface area contributed by atoms with Gasteiger partial charge in [0.05, 0.1) is 4.83 Å². The van der Waals surface area contributed by atoms with Gasteiger partial charge in [-0.05, 0) is 48.2 Å². The van der Waals surface area contributed by atoms with Gasteiger partial charge in [-0.1, -0.05) is 57.9 Å². The Bertz CT molecular complexity index is 534. The van der Waals surface area contributed by atoms with E-state index in [4.69, 9.17) is 11.6 Å². The van der Waals surface area contributed by atoms with E-state index in [1.807, 2.05) is 18.2 Å². The average molecular weight is 310 g/mol. The largest absolute Gasteiger partial charge is 0.0843 e. The number of hydrogen-bond acceptors (Lipinski definition) is 0. The van der Waals surface area contributed by atoms with Crippen LogP contribution in [-0.2, 0) is 0 Å². The average Bonchev–Trinajstić information content (AvgIpc) is 2.32. The lowest BCUT2D eigenvalue weighted by Crippen LogP contribution is -1.94. The molecule has 1 atom stereocenters. The first-order valence-corrected chi connectivity index (χ1v) is 6.84. The van der Waals surface area contributed by atoms with Crippen molar-refractivity contribution < 1.29 is 0 Å². The molecule has 0 aliphatic heterocycles. The fraction of sp³-hybridized carbons (Fsp3) is 0.200. The van der Waals surface area contributed by atoms with Crippen LogP contribution in [0.2, 0.25) is 5.02 Å². The maximum atomic E-state index is 6.01. The molecule has 2 rings (SSSR count). The number of rotatable bonds is 2. The number of aryl methyl sites for hydroxylation is 2. The zero-order valence-electron chi connectivity index (χ0n) is 9.87. The number of alkyl halides is 1. The molecule has 17 heavy (non-hydrogen) atoms. The van der Waals surface area contributed by atoms with Crippen LogP contribution < -0.4 is 0 Å². The molecule has 0 heterocycles. The molecule has 2 heteroatoms. The summed E-state index contributed by atoms with van der Waals surface area (Å²) in [6.07, 6.45) is 0. The molecule has 0 bridgehead atoms. The lowest BCUT2D eigenvalue weighted by Gasteiger charge is -2.12. The predicted octanol–water partition coefficient (Wildman–Crippen LogP) is 5.44. The van der Waals surface area contributed by atoms with Gasteiger partial charge in [0, 0.05) is 5.02 Å². The van der Waals surface area contributed by atoms with Crippen molar-refractivity contribution in [1.29, 1.82) is 0 Å². The first kappa shape index (κ1) is 12.7. The summed E-state index contributed by atoms with van der Waals surface area (Å²) < 4.78 is 0. The van der Waals surface area contributed by atoms with E-state index in [1.54, 1.807) is 0 Å². The molecular formula is C15H14BrCl.